The van der Waals surface area contributed by atoms with E-state index < -0.39 is 11.8 Å². The Morgan fingerprint density at radius 3 is 2.22 bits per heavy atom. The Labute approximate surface area is 169 Å². The summed E-state index contributed by atoms with van der Waals surface area (Å²) in [5.41, 5.74) is 6.70. The van der Waals surface area contributed by atoms with Gasteiger partial charge in [0.1, 0.15) is 0 Å². The third-order valence-electron chi connectivity index (χ3n) is 4.15. The van der Waals surface area contributed by atoms with Crippen molar-refractivity contribution in [1.29, 1.82) is 0 Å². The lowest BCUT2D eigenvalue weighted by Gasteiger charge is -2.12. The first-order valence-corrected chi connectivity index (χ1v) is 9.10. The fraction of sp³-hybridized carbons (Fsp3) is 0.158. The lowest BCUT2D eigenvalue weighted by molar-refractivity contribution is 0.0847. The number of carbonyl (C=O) groups excluding carboxylic acids is 2. The van der Waals surface area contributed by atoms with Crippen molar-refractivity contribution in [3.05, 3.63) is 57.3 Å². The third-order valence-corrected chi connectivity index (χ3v) is 5.04. The zero-order chi connectivity index (χ0) is 19.6. The van der Waals surface area contributed by atoms with Crippen molar-refractivity contribution >= 4 is 45.3 Å². The molecule has 0 aliphatic rings. The first-order chi connectivity index (χ1) is 13.0. The number of aryl methyl sites for hydroxylation is 1. The van der Waals surface area contributed by atoms with E-state index in [9.17, 15) is 9.59 Å². The number of para-hydroxylation sites is 1. The number of hydrogen-bond acceptors (Lipinski definition) is 4. The first-order valence-electron chi connectivity index (χ1n) is 8.02. The molecule has 7 nitrogen and oxygen atoms in total. The number of halogens is 1. The molecule has 2 amide bonds. The second-order valence-corrected chi connectivity index (χ2v) is 6.93. The van der Waals surface area contributed by atoms with Gasteiger partial charge in [-0.25, -0.2) is 0 Å². The predicted octanol–water partition coefficient (Wildman–Crippen LogP) is 2.87. The van der Waals surface area contributed by atoms with Crippen molar-refractivity contribution in [2.45, 2.75) is 0 Å². The van der Waals surface area contributed by atoms with E-state index in [1.54, 1.807) is 18.3 Å². The summed E-state index contributed by atoms with van der Waals surface area (Å²) in [6.07, 6.45) is 1.73. The van der Waals surface area contributed by atoms with Gasteiger partial charge in [-0.05, 0) is 40.8 Å². The zero-order valence-corrected chi connectivity index (χ0v) is 17.2. The van der Waals surface area contributed by atoms with Crippen molar-refractivity contribution in [3.8, 4) is 11.5 Å². The number of hydrazine groups is 1. The highest BCUT2D eigenvalue weighted by molar-refractivity contribution is 14.1. The Bertz CT molecular complexity index is 1030. The number of hydrogen-bond donors (Lipinski definition) is 2. The number of carbonyl (C=O) groups is 2. The lowest BCUT2D eigenvalue weighted by Crippen LogP contribution is -2.41. The predicted molar refractivity (Wildman–Crippen MR) is 110 cm³/mol. The van der Waals surface area contributed by atoms with Crippen LogP contribution in [0.1, 0.15) is 20.7 Å². The van der Waals surface area contributed by atoms with Gasteiger partial charge in [-0.3, -0.25) is 20.4 Å². The molecule has 1 aromatic heterocycles. The van der Waals surface area contributed by atoms with Gasteiger partial charge in [0.25, 0.3) is 11.8 Å². The maximum Gasteiger partial charge on any atom is 0.271 e. The maximum absolute atomic E-state index is 12.5. The van der Waals surface area contributed by atoms with Gasteiger partial charge in [-0.2, -0.15) is 0 Å². The molecule has 3 aromatic rings. The summed E-state index contributed by atoms with van der Waals surface area (Å²) < 4.78 is 13.0. The largest absolute Gasteiger partial charge is 0.493 e. The highest BCUT2D eigenvalue weighted by Gasteiger charge is 2.18. The summed E-state index contributed by atoms with van der Waals surface area (Å²) >= 11 is 2.03. The molecule has 2 aromatic carbocycles. The van der Waals surface area contributed by atoms with E-state index in [4.69, 9.17) is 9.47 Å². The number of nitrogens with one attached hydrogen (secondary N) is 2. The zero-order valence-electron chi connectivity index (χ0n) is 15.0. The van der Waals surface area contributed by atoms with Crippen molar-refractivity contribution in [2.24, 2.45) is 7.05 Å². The molecule has 0 radical (unpaired) electrons. The van der Waals surface area contributed by atoms with Crippen LogP contribution in [0.25, 0.3) is 10.9 Å². The van der Waals surface area contributed by atoms with Gasteiger partial charge in [0.15, 0.2) is 11.5 Å². The van der Waals surface area contributed by atoms with E-state index in [0.29, 0.717) is 26.2 Å². The number of fused-ring (bicyclic) bond motifs is 1. The molecule has 2 N–H and O–H groups in total. The standard InChI is InChI=1S/C19H18IN3O4/c1-23-10-13(11-6-4-5-7-15(11)23)19(25)22-21-18(24)12-8-16(26-2)17(27-3)9-14(12)20/h4-10H,1-3H3,(H,21,24)(H,22,25). The topological polar surface area (TPSA) is 81.6 Å². The molecule has 27 heavy (non-hydrogen) atoms. The third kappa shape index (κ3) is 3.70. The maximum atomic E-state index is 12.5. The van der Waals surface area contributed by atoms with Gasteiger partial charge in [0.2, 0.25) is 0 Å². The molecule has 140 valence electrons. The molecule has 0 saturated carbocycles. The fourth-order valence-electron chi connectivity index (χ4n) is 2.80. The van der Waals surface area contributed by atoms with Crippen LogP contribution >= 0.6 is 22.6 Å². The van der Waals surface area contributed by atoms with Gasteiger partial charge in [-0.15, -0.1) is 0 Å². The number of aromatic nitrogens is 1. The monoisotopic (exact) mass is 479 g/mol. The molecule has 0 fully saturated rings. The van der Waals surface area contributed by atoms with Crippen molar-refractivity contribution in [2.75, 3.05) is 14.2 Å². The minimum atomic E-state index is -0.450. The summed E-state index contributed by atoms with van der Waals surface area (Å²) in [6, 6.07) is 10.8. The van der Waals surface area contributed by atoms with Crippen LogP contribution in [0.4, 0.5) is 0 Å². The Morgan fingerprint density at radius 1 is 0.963 bits per heavy atom. The number of nitrogens with zero attached hydrogens (tertiary/aromatic N) is 1. The number of methoxy groups -OCH3 is 2. The van der Waals surface area contributed by atoms with Gasteiger partial charge in [0, 0.05) is 27.7 Å². The average molecular weight is 479 g/mol. The summed E-state index contributed by atoms with van der Waals surface area (Å²) in [4.78, 5) is 25.0. The van der Waals surface area contributed by atoms with E-state index in [0.717, 1.165) is 10.9 Å². The minimum absolute atomic E-state index is 0.367. The van der Waals surface area contributed by atoms with Crippen LogP contribution < -0.4 is 20.3 Å². The number of benzene rings is 2. The summed E-state index contributed by atoms with van der Waals surface area (Å²) in [7, 11) is 4.89. The molecule has 8 heteroatoms. The Hall–Kier alpha value is -2.75. The van der Waals surface area contributed by atoms with Gasteiger partial charge >= 0.3 is 0 Å². The van der Waals surface area contributed by atoms with Crippen molar-refractivity contribution in [1.82, 2.24) is 15.4 Å². The molecular formula is C19H18IN3O4. The van der Waals surface area contributed by atoms with E-state index in [2.05, 4.69) is 10.9 Å². The average Bonchev–Trinajstić information content (AvgIpc) is 3.02. The summed E-state index contributed by atoms with van der Waals surface area (Å²) in [5, 5.41) is 0.812. The van der Waals surface area contributed by atoms with Crippen LogP contribution in [-0.2, 0) is 7.05 Å². The molecule has 1 heterocycles. The van der Waals surface area contributed by atoms with Gasteiger partial charge in [0.05, 0.1) is 25.3 Å². The highest BCUT2D eigenvalue weighted by atomic mass is 127. The normalized spacial score (nSPS) is 10.5. The highest BCUT2D eigenvalue weighted by Crippen LogP contribution is 2.31. The molecule has 3 rings (SSSR count). The van der Waals surface area contributed by atoms with Crippen LogP contribution in [0.15, 0.2) is 42.6 Å². The number of amides is 2. The molecule has 0 atom stereocenters. The van der Waals surface area contributed by atoms with Gasteiger partial charge in [-0.1, -0.05) is 18.2 Å². The lowest BCUT2D eigenvalue weighted by atomic mass is 10.1. The molecule has 0 unspecified atom stereocenters. The Morgan fingerprint density at radius 2 is 1.56 bits per heavy atom. The van der Waals surface area contributed by atoms with Crippen LogP contribution in [0.5, 0.6) is 11.5 Å². The van der Waals surface area contributed by atoms with Crippen molar-refractivity contribution < 1.29 is 19.1 Å². The molecule has 0 bridgehead atoms. The second kappa shape index (κ2) is 7.87. The van der Waals surface area contributed by atoms with E-state index >= 15 is 0 Å². The van der Waals surface area contributed by atoms with Gasteiger partial charge < -0.3 is 14.0 Å². The molecule has 0 spiro atoms. The fourth-order valence-corrected chi connectivity index (χ4v) is 3.48. The summed E-state index contributed by atoms with van der Waals surface area (Å²) in [6.45, 7) is 0. The minimum Gasteiger partial charge on any atom is -0.493 e. The first kappa shape index (κ1) is 19.0. The summed E-state index contributed by atoms with van der Waals surface area (Å²) in [5.74, 6) is 0.117. The number of rotatable bonds is 4. The smallest absolute Gasteiger partial charge is 0.271 e. The SMILES string of the molecule is COc1cc(I)c(C(=O)NNC(=O)c2cn(C)c3ccccc23)cc1OC. The quantitative estimate of drug-likeness (QED) is 0.446. The van der Waals surface area contributed by atoms with E-state index in [1.165, 1.54) is 14.2 Å². The Kier molecular flexibility index (Phi) is 5.54. The second-order valence-electron chi connectivity index (χ2n) is 5.77. The van der Waals surface area contributed by atoms with E-state index in [-0.39, 0.29) is 0 Å². The van der Waals surface area contributed by atoms with Crippen LogP contribution in [-0.4, -0.2) is 30.6 Å². The van der Waals surface area contributed by atoms with Crippen LogP contribution in [0, 0.1) is 3.57 Å². The van der Waals surface area contributed by atoms with Crippen molar-refractivity contribution in [3.63, 3.8) is 0 Å². The molecule has 0 aliphatic carbocycles. The molecule has 0 saturated heterocycles. The number of ether oxygens (including phenoxy) is 2. The molecular weight excluding hydrogens is 461 g/mol. The van der Waals surface area contributed by atoms with Crippen LogP contribution in [0.2, 0.25) is 0 Å². The van der Waals surface area contributed by atoms with Crippen LogP contribution in [0.3, 0.4) is 0 Å². The Balaban J connectivity index is 1.78. The van der Waals surface area contributed by atoms with E-state index in [1.807, 2.05) is 58.5 Å². The molecule has 0 aliphatic heterocycles.